The highest BCUT2D eigenvalue weighted by molar-refractivity contribution is 5.17. The Balaban J connectivity index is 1.59. The smallest absolute Gasteiger partial charge is 0.0968 e. The van der Waals surface area contributed by atoms with E-state index >= 15 is 0 Å². The van der Waals surface area contributed by atoms with Crippen LogP contribution in [0, 0.1) is 0 Å². The van der Waals surface area contributed by atoms with Crippen LogP contribution in [0.4, 0.5) is 0 Å². The van der Waals surface area contributed by atoms with E-state index in [2.05, 4.69) is 72.5 Å². The zero-order valence-corrected chi connectivity index (χ0v) is 14.0. The van der Waals surface area contributed by atoms with Crippen molar-refractivity contribution in [1.82, 2.24) is 4.90 Å². The monoisotopic (exact) mass is 309 g/mol. The summed E-state index contributed by atoms with van der Waals surface area (Å²) in [4.78, 5) is 2.52. The van der Waals surface area contributed by atoms with Crippen molar-refractivity contribution in [3.8, 4) is 0 Å². The lowest BCUT2D eigenvalue weighted by Gasteiger charge is -2.22. The topological polar surface area (TPSA) is 15.8 Å². The first-order valence-electron chi connectivity index (χ1n) is 8.81. The van der Waals surface area contributed by atoms with Gasteiger partial charge in [0.2, 0.25) is 0 Å². The molecule has 0 saturated carbocycles. The molecule has 1 heterocycles. The van der Waals surface area contributed by atoms with Crippen molar-refractivity contribution in [2.45, 2.75) is 51.5 Å². The third-order valence-corrected chi connectivity index (χ3v) is 4.47. The van der Waals surface area contributed by atoms with Crippen LogP contribution in [0.25, 0.3) is 0 Å². The number of ether oxygens (including phenoxy) is 1. The maximum atomic E-state index is 5.88. The number of rotatable bonds is 9. The Kier molecular flexibility index (Phi) is 5.84. The van der Waals surface area contributed by atoms with E-state index in [9.17, 15) is 0 Å². The predicted octanol–water partition coefficient (Wildman–Crippen LogP) is 4.65. The molecule has 0 spiro atoms. The molecule has 1 aliphatic rings. The lowest BCUT2D eigenvalue weighted by Crippen LogP contribution is -2.27. The molecule has 23 heavy (non-hydrogen) atoms. The predicted molar refractivity (Wildman–Crippen MR) is 95.2 cm³/mol. The summed E-state index contributed by atoms with van der Waals surface area (Å²) < 4.78 is 5.88. The fourth-order valence-electron chi connectivity index (χ4n) is 3.12. The Morgan fingerprint density at radius 3 is 1.91 bits per heavy atom. The van der Waals surface area contributed by atoms with E-state index in [0.29, 0.717) is 12.2 Å². The summed E-state index contributed by atoms with van der Waals surface area (Å²) in [5, 5.41) is 0. The van der Waals surface area contributed by atoms with Crippen LogP contribution in [-0.2, 0) is 17.8 Å². The number of epoxide rings is 1. The van der Waals surface area contributed by atoms with Gasteiger partial charge in [-0.15, -0.1) is 0 Å². The van der Waals surface area contributed by atoms with Gasteiger partial charge in [0, 0.05) is 19.6 Å². The van der Waals surface area contributed by atoms with Gasteiger partial charge in [0.1, 0.15) is 0 Å². The summed E-state index contributed by atoms with van der Waals surface area (Å²) in [6.45, 7) is 5.23. The van der Waals surface area contributed by atoms with Gasteiger partial charge in [0.05, 0.1) is 12.2 Å². The maximum Gasteiger partial charge on any atom is 0.0968 e. The van der Waals surface area contributed by atoms with Gasteiger partial charge in [-0.3, -0.25) is 4.90 Å². The molecule has 2 atom stereocenters. The van der Waals surface area contributed by atoms with Crippen LogP contribution in [-0.4, -0.2) is 23.7 Å². The number of nitrogens with zero attached hydrogens (tertiary/aromatic N) is 1. The van der Waals surface area contributed by atoms with Gasteiger partial charge in [0.25, 0.3) is 0 Å². The van der Waals surface area contributed by atoms with Gasteiger partial charge in [-0.25, -0.2) is 0 Å². The molecule has 0 aliphatic carbocycles. The standard InChI is InChI=1S/C21H27NO/c1-2-3-14-20-21(23-20)17-22(15-18-10-6-4-7-11-18)16-19-12-8-5-9-13-19/h4-13,20-21H,2-3,14-17H2,1H3. The lowest BCUT2D eigenvalue weighted by molar-refractivity contribution is 0.226. The van der Waals surface area contributed by atoms with Crippen LogP contribution in [0.15, 0.2) is 60.7 Å². The molecule has 0 N–H and O–H groups in total. The first kappa shape index (κ1) is 16.2. The maximum absolute atomic E-state index is 5.88. The zero-order chi connectivity index (χ0) is 15.9. The molecule has 0 radical (unpaired) electrons. The molecule has 2 nitrogen and oxygen atoms in total. The highest BCUT2D eigenvalue weighted by Crippen LogP contribution is 2.28. The van der Waals surface area contributed by atoms with E-state index in [1.54, 1.807) is 0 Å². The molecule has 122 valence electrons. The molecule has 1 aliphatic heterocycles. The second-order valence-corrected chi connectivity index (χ2v) is 6.50. The van der Waals surface area contributed by atoms with Crippen molar-refractivity contribution in [3.63, 3.8) is 0 Å². The molecular weight excluding hydrogens is 282 g/mol. The summed E-state index contributed by atoms with van der Waals surface area (Å²) in [7, 11) is 0. The van der Waals surface area contributed by atoms with E-state index in [4.69, 9.17) is 4.74 Å². The van der Waals surface area contributed by atoms with Crippen LogP contribution >= 0.6 is 0 Å². The molecule has 1 saturated heterocycles. The van der Waals surface area contributed by atoms with Crippen LogP contribution in [0.5, 0.6) is 0 Å². The molecule has 2 aromatic carbocycles. The minimum Gasteiger partial charge on any atom is -0.368 e. The fourth-order valence-corrected chi connectivity index (χ4v) is 3.12. The van der Waals surface area contributed by atoms with Crippen LogP contribution in [0.1, 0.15) is 37.3 Å². The molecule has 2 aromatic rings. The van der Waals surface area contributed by atoms with Gasteiger partial charge >= 0.3 is 0 Å². The zero-order valence-electron chi connectivity index (χ0n) is 14.0. The lowest BCUT2D eigenvalue weighted by atomic mass is 10.1. The molecular formula is C21H27NO. The van der Waals surface area contributed by atoms with Gasteiger partial charge in [0.15, 0.2) is 0 Å². The van der Waals surface area contributed by atoms with Gasteiger partial charge in [-0.2, -0.15) is 0 Å². The van der Waals surface area contributed by atoms with Crippen molar-refractivity contribution in [2.75, 3.05) is 6.54 Å². The largest absolute Gasteiger partial charge is 0.368 e. The molecule has 1 fully saturated rings. The molecule has 0 aromatic heterocycles. The molecule has 0 amide bonds. The van der Waals surface area contributed by atoms with E-state index in [-0.39, 0.29) is 0 Å². The average molecular weight is 309 g/mol. The van der Waals surface area contributed by atoms with E-state index in [1.165, 1.54) is 30.4 Å². The Morgan fingerprint density at radius 1 is 0.826 bits per heavy atom. The van der Waals surface area contributed by atoms with E-state index in [0.717, 1.165) is 19.6 Å². The van der Waals surface area contributed by atoms with Crippen LogP contribution in [0.2, 0.25) is 0 Å². The highest BCUT2D eigenvalue weighted by atomic mass is 16.6. The van der Waals surface area contributed by atoms with Crippen molar-refractivity contribution in [3.05, 3.63) is 71.8 Å². The number of benzene rings is 2. The van der Waals surface area contributed by atoms with E-state index in [1.807, 2.05) is 0 Å². The summed E-state index contributed by atoms with van der Waals surface area (Å²) >= 11 is 0. The van der Waals surface area contributed by atoms with Crippen molar-refractivity contribution >= 4 is 0 Å². The van der Waals surface area contributed by atoms with Crippen molar-refractivity contribution < 1.29 is 4.74 Å². The highest BCUT2D eigenvalue weighted by Gasteiger charge is 2.38. The third kappa shape index (κ3) is 5.19. The normalized spacial score (nSPS) is 19.9. The summed E-state index contributed by atoms with van der Waals surface area (Å²) in [6.07, 6.45) is 4.66. The molecule has 2 unspecified atom stereocenters. The Morgan fingerprint density at radius 2 is 1.39 bits per heavy atom. The summed E-state index contributed by atoms with van der Waals surface area (Å²) in [5.41, 5.74) is 2.74. The second-order valence-electron chi connectivity index (χ2n) is 6.50. The number of hydrogen-bond donors (Lipinski definition) is 0. The van der Waals surface area contributed by atoms with Crippen molar-refractivity contribution in [2.24, 2.45) is 0 Å². The number of unbranched alkanes of at least 4 members (excludes halogenated alkanes) is 1. The molecule has 2 heteroatoms. The minimum atomic E-state index is 0.425. The van der Waals surface area contributed by atoms with Crippen LogP contribution in [0.3, 0.4) is 0 Å². The average Bonchev–Trinajstić information content (AvgIpc) is 3.32. The SMILES string of the molecule is CCCCC1OC1CN(Cc1ccccc1)Cc1ccccc1. The Hall–Kier alpha value is -1.64. The second kappa shape index (κ2) is 8.28. The van der Waals surface area contributed by atoms with E-state index < -0.39 is 0 Å². The summed E-state index contributed by atoms with van der Waals surface area (Å²) in [5.74, 6) is 0. The minimum absolute atomic E-state index is 0.425. The molecule has 0 bridgehead atoms. The number of hydrogen-bond acceptors (Lipinski definition) is 2. The first-order valence-corrected chi connectivity index (χ1v) is 8.81. The van der Waals surface area contributed by atoms with Gasteiger partial charge < -0.3 is 4.74 Å². The summed E-state index contributed by atoms with van der Waals surface area (Å²) in [6, 6.07) is 21.5. The van der Waals surface area contributed by atoms with Gasteiger partial charge in [-0.05, 0) is 17.5 Å². The van der Waals surface area contributed by atoms with Crippen LogP contribution < -0.4 is 0 Å². The van der Waals surface area contributed by atoms with Crippen molar-refractivity contribution in [1.29, 1.82) is 0 Å². The Bertz CT molecular complexity index is 527. The quantitative estimate of drug-likeness (QED) is 0.627. The Labute approximate surface area is 140 Å². The fraction of sp³-hybridized carbons (Fsp3) is 0.429. The van der Waals surface area contributed by atoms with Gasteiger partial charge in [-0.1, -0.05) is 80.4 Å². The molecule has 3 rings (SSSR count). The third-order valence-electron chi connectivity index (χ3n) is 4.47. The first-order chi connectivity index (χ1) is 11.3.